The van der Waals surface area contributed by atoms with Gasteiger partial charge < -0.3 is 9.26 Å². The highest BCUT2D eigenvalue weighted by atomic mass is 35.5. The average Bonchev–Trinajstić information content (AvgIpc) is 2.36. The molecule has 60 valence electrons. The zero-order valence-corrected chi connectivity index (χ0v) is 6.59. The van der Waals surface area contributed by atoms with E-state index >= 15 is 0 Å². The van der Waals surface area contributed by atoms with Gasteiger partial charge in [-0.3, -0.25) is 0 Å². The Kier molecular flexibility index (Phi) is 2.48. The van der Waals surface area contributed by atoms with E-state index in [4.69, 9.17) is 11.6 Å². The predicted molar refractivity (Wildman–Crippen MR) is 37.5 cm³/mol. The number of esters is 1. The van der Waals surface area contributed by atoms with Gasteiger partial charge in [0.05, 0.1) is 6.61 Å². The fourth-order valence-corrected chi connectivity index (χ4v) is 0.726. The third-order valence-electron chi connectivity index (χ3n) is 1.02. The SMILES string of the molecule is CCOC(=O)c1conc1Cl. The van der Waals surface area contributed by atoms with Crippen molar-refractivity contribution in [3.8, 4) is 0 Å². The van der Waals surface area contributed by atoms with Gasteiger partial charge in [-0.15, -0.1) is 0 Å². The Morgan fingerprint density at radius 3 is 3.09 bits per heavy atom. The molecule has 0 saturated carbocycles. The fourth-order valence-electron chi connectivity index (χ4n) is 0.564. The molecule has 11 heavy (non-hydrogen) atoms. The minimum atomic E-state index is -0.515. The summed E-state index contributed by atoms with van der Waals surface area (Å²) in [5.74, 6) is -0.515. The fraction of sp³-hybridized carbons (Fsp3) is 0.333. The first-order valence-corrected chi connectivity index (χ1v) is 3.40. The lowest BCUT2D eigenvalue weighted by atomic mass is 10.4. The number of rotatable bonds is 2. The van der Waals surface area contributed by atoms with Crippen LogP contribution in [0.15, 0.2) is 10.8 Å². The monoisotopic (exact) mass is 175 g/mol. The van der Waals surface area contributed by atoms with Crippen LogP contribution in [0.2, 0.25) is 5.15 Å². The number of carbonyl (C=O) groups excluding carboxylic acids is 1. The van der Waals surface area contributed by atoms with E-state index in [1.807, 2.05) is 0 Å². The zero-order chi connectivity index (χ0) is 8.27. The molecule has 1 rings (SSSR count). The third-order valence-corrected chi connectivity index (χ3v) is 1.29. The van der Waals surface area contributed by atoms with Crippen molar-refractivity contribution in [3.05, 3.63) is 17.0 Å². The van der Waals surface area contributed by atoms with E-state index in [0.717, 1.165) is 6.26 Å². The van der Waals surface area contributed by atoms with Gasteiger partial charge in [-0.25, -0.2) is 4.79 Å². The van der Waals surface area contributed by atoms with Crippen LogP contribution in [0, 0.1) is 0 Å². The van der Waals surface area contributed by atoms with Crippen LogP contribution in [0.5, 0.6) is 0 Å². The highest BCUT2D eigenvalue weighted by molar-refractivity contribution is 6.32. The molecule has 0 unspecified atom stereocenters. The molecule has 0 aliphatic carbocycles. The van der Waals surface area contributed by atoms with Gasteiger partial charge in [-0.2, -0.15) is 0 Å². The first-order chi connectivity index (χ1) is 5.25. The summed E-state index contributed by atoms with van der Waals surface area (Å²) in [7, 11) is 0. The molecule has 1 aromatic rings. The number of carbonyl (C=O) groups is 1. The van der Waals surface area contributed by atoms with Crippen molar-refractivity contribution in [3.63, 3.8) is 0 Å². The summed E-state index contributed by atoms with van der Waals surface area (Å²) in [5, 5.41) is 3.34. The summed E-state index contributed by atoms with van der Waals surface area (Å²) >= 11 is 5.46. The molecule has 0 aliphatic heterocycles. The van der Waals surface area contributed by atoms with Crippen LogP contribution in [-0.2, 0) is 4.74 Å². The number of ether oxygens (including phenoxy) is 1. The van der Waals surface area contributed by atoms with E-state index < -0.39 is 5.97 Å². The summed E-state index contributed by atoms with van der Waals surface area (Å²) in [6.07, 6.45) is 1.15. The number of aromatic nitrogens is 1. The first kappa shape index (κ1) is 8.07. The summed E-state index contributed by atoms with van der Waals surface area (Å²) < 4.78 is 9.07. The molecule has 0 aliphatic rings. The van der Waals surface area contributed by atoms with E-state index in [0.29, 0.717) is 6.61 Å². The highest BCUT2D eigenvalue weighted by Crippen LogP contribution is 2.13. The molecular formula is C6H6ClNO3. The molecule has 0 radical (unpaired) electrons. The Labute approximate surface area is 68.1 Å². The number of nitrogens with zero attached hydrogens (tertiary/aromatic N) is 1. The molecule has 0 spiro atoms. The molecule has 0 amide bonds. The van der Waals surface area contributed by atoms with Crippen molar-refractivity contribution in [2.45, 2.75) is 6.92 Å². The van der Waals surface area contributed by atoms with Crippen LogP contribution in [0.25, 0.3) is 0 Å². The van der Waals surface area contributed by atoms with Crippen LogP contribution in [0.3, 0.4) is 0 Å². The van der Waals surface area contributed by atoms with E-state index in [1.165, 1.54) is 0 Å². The van der Waals surface area contributed by atoms with Crippen LogP contribution < -0.4 is 0 Å². The third kappa shape index (κ3) is 1.71. The Morgan fingerprint density at radius 2 is 2.64 bits per heavy atom. The molecule has 1 heterocycles. The minimum Gasteiger partial charge on any atom is -0.462 e. The largest absolute Gasteiger partial charge is 0.462 e. The standard InChI is InChI=1S/C6H6ClNO3/c1-2-10-6(9)4-3-11-8-5(4)7/h3H,2H2,1H3. The molecule has 0 fully saturated rings. The van der Waals surface area contributed by atoms with Crippen LogP contribution >= 0.6 is 11.6 Å². The molecular weight excluding hydrogens is 170 g/mol. The van der Waals surface area contributed by atoms with Crippen molar-refractivity contribution < 1.29 is 14.1 Å². The molecule has 0 atom stereocenters. The maximum absolute atomic E-state index is 10.9. The highest BCUT2D eigenvalue weighted by Gasteiger charge is 2.14. The predicted octanol–water partition coefficient (Wildman–Crippen LogP) is 1.50. The normalized spacial score (nSPS) is 9.64. The summed E-state index contributed by atoms with van der Waals surface area (Å²) in [5.41, 5.74) is 0.161. The maximum atomic E-state index is 10.9. The van der Waals surface area contributed by atoms with Gasteiger partial charge in [-0.05, 0) is 6.92 Å². The minimum absolute atomic E-state index is 0.0310. The lowest BCUT2D eigenvalue weighted by Crippen LogP contribution is -2.03. The quantitative estimate of drug-likeness (QED) is 0.640. The number of hydrogen-bond donors (Lipinski definition) is 0. The van der Waals surface area contributed by atoms with Crippen LogP contribution in [0.1, 0.15) is 17.3 Å². The molecule has 0 N–H and O–H groups in total. The molecule has 0 bridgehead atoms. The van der Waals surface area contributed by atoms with Gasteiger partial charge >= 0.3 is 5.97 Å². The second kappa shape index (κ2) is 3.39. The van der Waals surface area contributed by atoms with Crippen LogP contribution in [-0.4, -0.2) is 17.7 Å². The Morgan fingerprint density at radius 1 is 1.91 bits per heavy atom. The van der Waals surface area contributed by atoms with Crippen molar-refractivity contribution >= 4 is 17.6 Å². The second-order valence-electron chi connectivity index (χ2n) is 1.74. The molecule has 0 saturated heterocycles. The Bertz CT molecular complexity index is 258. The van der Waals surface area contributed by atoms with E-state index in [2.05, 4.69) is 14.4 Å². The van der Waals surface area contributed by atoms with Crippen molar-refractivity contribution in [1.82, 2.24) is 5.16 Å². The second-order valence-corrected chi connectivity index (χ2v) is 2.10. The van der Waals surface area contributed by atoms with Gasteiger partial charge in [0, 0.05) is 0 Å². The molecule has 5 heteroatoms. The van der Waals surface area contributed by atoms with Gasteiger partial charge in [0.1, 0.15) is 11.8 Å². The topological polar surface area (TPSA) is 52.3 Å². The lowest BCUT2D eigenvalue weighted by molar-refractivity contribution is 0.0526. The van der Waals surface area contributed by atoms with E-state index in [1.54, 1.807) is 6.92 Å². The van der Waals surface area contributed by atoms with Crippen LogP contribution in [0.4, 0.5) is 0 Å². The van der Waals surface area contributed by atoms with Crippen molar-refractivity contribution in [1.29, 1.82) is 0 Å². The van der Waals surface area contributed by atoms with E-state index in [-0.39, 0.29) is 10.7 Å². The van der Waals surface area contributed by atoms with Gasteiger partial charge in [0.25, 0.3) is 0 Å². The Balaban J connectivity index is 2.76. The van der Waals surface area contributed by atoms with Crippen molar-refractivity contribution in [2.75, 3.05) is 6.61 Å². The maximum Gasteiger partial charge on any atom is 0.344 e. The lowest BCUT2D eigenvalue weighted by Gasteiger charge is -1.95. The smallest absolute Gasteiger partial charge is 0.344 e. The summed E-state index contributed by atoms with van der Waals surface area (Å²) in [6, 6.07) is 0. The number of hydrogen-bond acceptors (Lipinski definition) is 4. The van der Waals surface area contributed by atoms with E-state index in [9.17, 15) is 4.79 Å². The van der Waals surface area contributed by atoms with Gasteiger partial charge in [0.2, 0.25) is 0 Å². The summed E-state index contributed by atoms with van der Waals surface area (Å²) in [4.78, 5) is 10.9. The van der Waals surface area contributed by atoms with Gasteiger partial charge in [-0.1, -0.05) is 16.8 Å². The Hall–Kier alpha value is -1.03. The summed E-state index contributed by atoms with van der Waals surface area (Å²) in [6.45, 7) is 2.01. The molecule has 0 aromatic carbocycles. The average molecular weight is 176 g/mol. The van der Waals surface area contributed by atoms with Crippen molar-refractivity contribution in [2.24, 2.45) is 0 Å². The number of halogens is 1. The zero-order valence-electron chi connectivity index (χ0n) is 5.83. The molecule has 4 nitrogen and oxygen atoms in total. The molecule has 1 aromatic heterocycles. The van der Waals surface area contributed by atoms with Gasteiger partial charge in [0.15, 0.2) is 5.15 Å². The first-order valence-electron chi connectivity index (χ1n) is 3.02.